The Balaban J connectivity index is 2.73. The molecule has 17 heavy (non-hydrogen) atoms. The van der Waals surface area contributed by atoms with E-state index in [0.29, 0.717) is 11.3 Å². The highest BCUT2D eigenvalue weighted by Gasteiger charge is 2.17. The van der Waals surface area contributed by atoms with E-state index in [0.717, 1.165) is 0 Å². The van der Waals surface area contributed by atoms with Crippen LogP contribution in [0.3, 0.4) is 0 Å². The Morgan fingerprint density at radius 2 is 1.94 bits per heavy atom. The maximum absolute atomic E-state index is 11.7. The zero-order chi connectivity index (χ0) is 12.9. The van der Waals surface area contributed by atoms with Crippen molar-refractivity contribution >= 4 is 15.7 Å². The number of anilines is 1. The molecule has 0 saturated heterocycles. The van der Waals surface area contributed by atoms with Crippen LogP contribution in [0.15, 0.2) is 24.3 Å². The number of hydrogen-bond donors (Lipinski definition) is 4. The van der Waals surface area contributed by atoms with Gasteiger partial charge in [0.15, 0.2) is 0 Å². The normalized spacial score (nSPS) is 11.9. The van der Waals surface area contributed by atoms with E-state index >= 15 is 0 Å². The van der Waals surface area contributed by atoms with E-state index in [9.17, 15) is 8.42 Å². The van der Waals surface area contributed by atoms with Crippen molar-refractivity contribution in [3.05, 3.63) is 29.8 Å². The molecule has 0 amide bonds. The predicted octanol–water partition coefficient (Wildman–Crippen LogP) is -0.959. The van der Waals surface area contributed by atoms with Crippen molar-refractivity contribution in [1.82, 2.24) is 4.72 Å². The summed E-state index contributed by atoms with van der Waals surface area (Å²) >= 11 is 0. The second kappa shape index (κ2) is 5.97. The number of benzene rings is 1. The Morgan fingerprint density at radius 1 is 1.29 bits per heavy atom. The highest BCUT2D eigenvalue weighted by atomic mass is 32.2. The van der Waals surface area contributed by atoms with E-state index in [1.165, 1.54) is 0 Å². The molecule has 0 aliphatic carbocycles. The summed E-state index contributed by atoms with van der Waals surface area (Å²) < 4.78 is 25.5. The molecule has 0 aromatic heterocycles. The van der Waals surface area contributed by atoms with Crippen molar-refractivity contribution in [2.45, 2.75) is 11.8 Å². The van der Waals surface area contributed by atoms with Crippen LogP contribution in [0, 0.1) is 0 Å². The number of nitrogens with two attached hydrogens (primary N) is 1. The zero-order valence-electron chi connectivity index (χ0n) is 9.20. The summed E-state index contributed by atoms with van der Waals surface area (Å²) in [5.41, 5.74) is 6.57. The Morgan fingerprint density at radius 3 is 2.47 bits per heavy atom. The molecule has 0 fully saturated rings. The number of hydrogen-bond acceptors (Lipinski definition) is 5. The molecule has 5 N–H and O–H groups in total. The molecule has 0 bridgehead atoms. The first kappa shape index (κ1) is 13.9. The predicted molar refractivity (Wildman–Crippen MR) is 64.6 cm³/mol. The molecular weight excluding hydrogens is 244 g/mol. The second-order valence-corrected chi connectivity index (χ2v) is 5.44. The number of nitrogen functional groups attached to an aromatic ring is 1. The number of sulfonamides is 1. The fraction of sp³-hybridized carbons (Fsp3) is 0.400. The van der Waals surface area contributed by atoms with Crippen LogP contribution in [0.1, 0.15) is 5.56 Å². The first-order chi connectivity index (χ1) is 7.96. The van der Waals surface area contributed by atoms with Crippen molar-refractivity contribution in [3.8, 4) is 0 Å². The molecule has 1 aromatic carbocycles. The molecule has 1 rings (SSSR count). The van der Waals surface area contributed by atoms with Gasteiger partial charge in [0.25, 0.3) is 0 Å². The van der Waals surface area contributed by atoms with Crippen LogP contribution in [0.25, 0.3) is 0 Å². The minimum Gasteiger partial charge on any atom is -0.399 e. The van der Waals surface area contributed by atoms with Gasteiger partial charge < -0.3 is 15.9 Å². The van der Waals surface area contributed by atoms with Crippen molar-refractivity contribution in [1.29, 1.82) is 0 Å². The topological polar surface area (TPSA) is 113 Å². The van der Waals surface area contributed by atoms with Gasteiger partial charge in [0.05, 0.1) is 25.0 Å². The molecular formula is C10H16N2O4S. The minimum atomic E-state index is -3.60. The first-order valence-electron chi connectivity index (χ1n) is 5.03. The van der Waals surface area contributed by atoms with E-state index in [2.05, 4.69) is 4.72 Å². The van der Waals surface area contributed by atoms with Gasteiger partial charge in [-0.15, -0.1) is 0 Å². The fourth-order valence-corrected chi connectivity index (χ4v) is 2.69. The van der Waals surface area contributed by atoms with Gasteiger partial charge in [0.1, 0.15) is 0 Å². The lowest BCUT2D eigenvalue weighted by molar-refractivity contribution is 0.185. The summed E-state index contributed by atoms with van der Waals surface area (Å²) in [4.78, 5) is 0. The van der Waals surface area contributed by atoms with Gasteiger partial charge in [0.2, 0.25) is 10.0 Å². The minimum absolute atomic E-state index is 0.242. The van der Waals surface area contributed by atoms with Crippen LogP contribution in [0.5, 0.6) is 0 Å². The zero-order valence-corrected chi connectivity index (χ0v) is 10.0. The third kappa shape index (κ3) is 4.70. The molecule has 0 saturated carbocycles. The van der Waals surface area contributed by atoms with Gasteiger partial charge in [-0.2, -0.15) is 0 Å². The summed E-state index contributed by atoms with van der Waals surface area (Å²) in [5.74, 6) is -0.242. The fourth-order valence-electron chi connectivity index (χ4n) is 1.33. The monoisotopic (exact) mass is 260 g/mol. The molecule has 0 aliphatic heterocycles. The van der Waals surface area contributed by atoms with Gasteiger partial charge in [-0.05, 0) is 17.7 Å². The van der Waals surface area contributed by atoms with Gasteiger partial charge in [-0.3, -0.25) is 0 Å². The van der Waals surface area contributed by atoms with Crippen molar-refractivity contribution < 1.29 is 18.6 Å². The smallest absolute Gasteiger partial charge is 0.216 e. The van der Waals surface area contributed by atoms with E-state index < -0.39 is 29.3 Å². The number of nitrogens with one attached hydrogen (secondary N) is 1. The van der Waals surface area contributed by atoms with E-state index in [1.807, 2.05) is 0 Å². The lowest BCUT2D eigenvalue weighted by Gasteiger charge is -2.13. The molecule has 0 radical (unpaired) electrons. The van der Waals surface area contributed by atoms with Crippen molar-refractivity contribution in [2.24, 2.45) is 0 Å². The number of aliphatic hydroxyl groups excluding tert-OH is 2. The summed E-state index contributed by atoms with van der Waals surface area (Å²) in [6, 6.07) is 5.65. The third-order valence-electron chi connectivity index (χ3n) is 2.09. The van der Waals surface area contributed by atoms with E-state index in [4.69, 9.17) is 15.9 Å². The van der Waals surface area contributed by atoms with Crippen LogP contribution in [-0.4, -0.2) is 37.9 Å². The number of aliphatic hydroxyl groups is 2. The van der Waals surface area contributed by atoms with Crippen LogP contribution >= 0.6 is 0 Å². The van der Waals surface area contributed by atoms with Gasteiger partial charge in [-0.1, -0.05) is 12.1 Å². The van der Waals surface area contributed by atoms with Gasteiger partial charge in [-0.25, -0.2) is 13.1 Å². The van der Waals surface area contributed by atoms with Crippen LogP contribution in [0.2, 0.25) is 0 Å². The van der Waals surface area contributed by atoms with Crippen LogP contribution < -0.4 is 10.5 Å². The van der Waals surface area contributed by atoms with Crippen molar-refractivity contribution in [2.75, 3.05) is 18.9 Å². The first-order valence-corrected chi connectivity index (χ1v) is 6.68. The molecule has 0 heterocycles. The summed E-state index contributed by atoms with van der Waals surface area (Å²) in [6.07, 6.45) is 0. The standard InChI is InChI=1S/C10H16N2O4S/c11-9-3-1-2-8(4-9)7-17(15,16)12-10(5-13)6-14/h1-4,10,12-14H,5-7,11H2. The average molecular weight is 260 g/mol. The Labute approximate surface area is 100 Å². The molecule has 0 atom stereocenters. The maximum atomic E-state index is 11.7. The molecule has 96 valence electrons. The quantitative estimate of drug-likeness (QED) is 0.492. The maximum Gasteiger partial charge on any atom is 0.216 e. The summed E-state index contributed by atoms with van der Waals surface area (Å²) in [6.45, 7) is -0.903. The Kier molecular flexibility index (Phi) is 4.88. The lowest BCUT2D eigenvalue weighted by atomic mass is 10.2. The summed E-state index contributed by atoms with van der Waals surface area (Å²) in [7, 11) is -3.60. The molecule has 0 spiro atoms. The van der Waals surface area contributed by atoms with Crippen molar-refractivity contribution in [3.63, 3.8) is 0 Å². The molecule has 6 nitrogen and oxygen atoms in total. The van der Waals surface area contributed by atoms with Gasteiger partial charge >= 0.3 is 0 Å². The highest BCUT2D eigenvalue weighted by molar-refractivity contribution is 7.88. The molecule has 0 unspecified atom stereocenters. The third-order valence-corrected chi connectivity index (χ3v) is 3.50. The van der Waals surface area contributed by atoms with E-state index in [1.54, 1.807) is 24.3 Å². The Hall–Kier alpha value is -1.15. The largest absolute Gasteiger partial charge is 0.399 e. The van der Waals surface area contributed by atoms with Crippen LogP contribution in [-0.2, 0) is 15.8 Å². The molecule has 0 aliphatic rings. The lowest BCUT2D eigenvalue weighted by Crippen LogP contribution is -2.40. The summed E-state index contributed by atoms with van der Waals surface area (Å²) in [5, 5.41) is 17.6. The Bertz CT molecular complexity index is 457. The van der Waals surface area contributed by atoms with Gasteiger partial charge in [0, 0.05) is 5.69 Å². The van der Waals surface area contributed by atoms with E-state index in [-0.39, 0.29) is 5.75 Å². The molecule has 7 heteroatoms. The molecule has 1 aromatic rings. The van der Waals surface area contributed by atoms with Crippen LogP contribution in [0.4, 0.5) is 5.69 Å². The number of rotatable bonds is 6. The average Bonchev–Trinajstić information content (AvgIpc) is 2.25. The highest BCUT2D eigenvalue weighted by Crippen LogP contribution is 2.09. The SMILES string of the molecule is Nc1cccc(CS(=O)(=O)NC(CO)CO)c1. The second-order valence-electron chi connectivity index (χ2n) is 3.68.